The van der Waals surface area contributed by atoms with Crippen LogP contribution < -0.4 is 0 Å². The molecule has 4 nitrogen and oxygen atoms in total. The molecule has 0 bridgehead atoms. The van der Waals surface area contributed by atoms with Gasteiger partial charge in [0.25, 0.3) is 0 Å². The molecule has 0 aliphatic heterocycles. The first-order chi connectivity index (χ1) is 24.1. The Hall–Kier alpha value is -5.91. The van der Waals surface area contributed by atoms with E-state index in [2.05, 4.69) is 140 Å². The summed E-state index contributed by atoms with van der Waals surface area (Å²) >= 11 is 1.82. The predicted molar refractivity (Wildman–Crippen MR) is 204 cm³/mol. The molecule has 6 aromatic carbocycles. The Morgan fingerprint density at radius 3 is 2.22 bits per heavy atom. The van der Waals surface area contributed by atoms with E-state index in [1.807, 2.05) is 23.5 Å². The van der Waals surface area contributed by atoms with Crippen LogP contribution in [0.2, 0.25) is 0 Å². The zero-order valence-electron chi connectivity index (χ0n) is 26.7. The molecule has 232 valence electrons. The number of rotatable bonds is 4. The van der Waals surface area contributed by atoms with Crippen molar-refractivity contribution in [2.75, 3.05) is 0 Å². The highest BCUT2D eigenvalue weighted by molar-refractivity contribution is 7.25. The van der Waals surface area contributed by atoms with Crippen LogP contribution in [-0.4, -0.2) is 15.0 Å². The molecule has 0 saturated carbocycles. The number of para-hydroxylation sites is 1. The maximum atomic E-state index is 6.31. The number of fused-ring (bicyclic) bond motifs is 7. The van der Waals surface area contributed by atoms with E-state index in [1.54, 1.807) is 0 Å². The minimum absolute atomic E-state index is 0.360. The number of benzene rings is 6. The lowest BCUT2D eigenvalue weighted by molar-refractivity contribution is 0.554. The molecule has 10 rings (SSSR count). The van der Waals surface area contributed by atoms with Crippen molar-refractivity contribution in [3.63, 3.8) is 0 Å². The summed E-state index contributed by atoms with van der Waals surface area (Å²) in [5.74, 6) is 2.11. The van der Waals surface area contributed by atoms with Crippen molar-refractivity contribution in [1.29, 1.82) is 0 Å². The van der Waals surface area contributed by atoms with Gasteiger partial charge in [-0.15, -0.1) is 11.3 Å². The van der Waals surface area contributed by atoms with E-state index in [0.717, 1.165) is 61.8 Å². The molecule has 1 unspecified atom stereocenters. The maximum Gasteiger partial charge on any atom is 0.163 e. The van der Waals surface area contributed by atoms with Gasteiger partial charge in [0.1, 0.15) is 17.0 Å². The molecule has 5 heteroatoms. The SMILES string of the molecule is CC1(c2nc(-c3cc(-c4cccc5oc6ccccc6c45)c4ccccc4c3)nc(-c3ccc4sc5ccccc5c4c3)n2)C=CC=CC1. The molecule has 0 fully saturated rings. The number of nitrogens with zero attached hydrogens (tertiary/aromatic N) is 3. The van der Waals surface area contributed by atoms with Crippen LogP contribution in [0.15, 0.2) is 150 Å². The van der Waals surface area contributed by atoms with Crippen LogP contribution in [0.5, 0.6) is 0 Å². The maximum absolute atomic E-state index is 6.31. The van der Waals surface area contributed by atoms with Crippen LogP contribution in [0.25, 0.3) is 86.8 Å². The van der Waals surface area contributed by atoms with Crippen LogP contribution in [-0.2, 0) is 5.41 Å². The summed E-state index contributed by atoms with van der Waals surface area (Å²) in [5.41, 5.74) is 5.57. The highest BCUT2D eigenvalue weighted by Gasteiger charge is 2.29. The Kier molecular flexibility index (Phi) is 6.21. The average molecular weight is 648 g/mol. The number of hydrogen-bond donors (Lipinski definition) is 0. The van der Waals surface area contributed by atoms with Crippen LogP contribution in [0.1, 0.15) is 19.2 Å². The number of thiophene rings is 1. The van der Waals surface area contributed by atoms with Crippen molar-refractivity contribution in [1.82, 2.24) is 15.0 Å². The van der Waals surface area contributed by atoms with E-state index < -0.39 is 0 Å². The van der Waals surface area contributed by atoms with E-state index in [1.165, 1.54) is 25.6 Å². The van der Waals surface area contributed by atoms with Gasteiger partial charge in [-0.2, -0.15) is 0 Å². The third kappa shape index (κ3) is 4.54. The highest BCUT2D eigenvalue weighted by Crippen LogP contribution is 2.42. The van der Waals surface area contributed by atoms with Crippen molar-refractivity contribution < 1.29 is 4.42 Å². The quantitative estimate of drug-likeness (QED) is 0.191. The molecular formula is C44H29N3OS. The minimum atomic E-state index is -0.360. The summed E-state index contributed by atoms with van der Waals surface area (Å²) in [4.78, 5) is 15.7. The van der Waals surface area contributed by atoms with Crippen molar-refractivity contribution in [3.05, 3.63) is 151 Å². The van der Waals surface area contributed by atoms with Gasteiger partial charge in [-0.3, -0.25) is 0 Å². The van der Waals surface area contributed by atoms with Gasteiger partial charge in [0.2, 0.25) is 0 Å². The summed E-state index contributed by atoms with van der Waals surface area (Å²) in [5, 5.41) is 6.99. The van der Waals surface area contributed by atoms with E-state index >= 15 is 0 Å². The first kappa shape index (κ1) is 28.1. The van der Waals surface area contributed by atoms with Crippen LogP contribution in [0.3, 0.4) is 0 Å². The van der Waals surface area contributed by atoms with Gasteiger partial charge < -0.3 is 4.42 Å². The number of allylic oxidation sites excluding steroid dienone is 4. The molecule has 49 heavy (non-hydrogen) atoms. The monoisotopic (exact) mass is 647 g/mol. The summed E-state index contributed by atoms with van der Waals surface area (Å²) in [7, 11) is 0. The van der Waals surface area contributed by atoms with Crippen molar-refractivity contribution >= 4 is 64.2 Å². The Balaban J connectivity index is 1.23. The third-order valence-electron chi connectivity index (χ3n) is 9.85. The molecule has 0 radical (unpaired) electrons. The lowest BCUT2D eigenvalue weighted by atomic mass is 9.83. The van der Waals surface area contributed by atoms with Crippen molar-refractivity contribution in [3.8, 4) is 33.9 Å². The Morgan fingerprint density at radius 1 is 0.592 bits per heavy atom. The summed E-state index contributed by atoms with van der Waals surface area (Å²) in [6.45, 7) is 2.21. The van der Waals surface area contributed by atoms with Crippen LogP contribution in [0.4, 0.5) is 0 Å². The fourth-order valence-corrected chi connectivity index (χ4v) is 8.40. The Bertz CT molecular complexity index is 2840. The minimum Gasteiger partial charge on any atom is -0.456 e. The zero-order valence-corrected chi connectivity index (χ0v) is 27.5. The normalized spacial score (nSPS) is 16.1. The van der Waals surface area contributed by atoms with E-state index in [4.69, 9.17) is 19.4 Å². The lowest BCUT2D eigenvalue weighted by Crippen LogP contribution is -2.24. The largest absolute Gasteiger partial charge is 0.456 e. The molecule has 1 aliphatic carbocycles. The van der Waals surface area contributed by atoms with E-state index in [9.17, 15) is 0 Å². The molecule has 3 aromatic heterocycles. The Labute approximate surface area is 286 Å². The zero-order chi connectivity index (χ0) is 32.5. The molecule has 0 spiro atoms. The number of furan rings is 1. The van der Waals surface area contributed by atoms with Gasteiger partial charge >= 0.3 is 0 Å². The smallest absolute Gasteiger partial charge is 0.163 e. The second kappa shape index (κ2) is 10.8. The molecule has 0 amide bonds. The Morgan fingerprint density at radius 2 is 1.35 bits per heavy atom. The number of hydrogen-bond acceptors (Lipinski definition) is 5. The van der Waals surface area contributed by atoms with Crippen molar-refractivity contribution in [2.45, 2.75) is 18.8 Å². The van der Waals surface area contributed by atoms with Gasteiger partial charge in [-0.25, -0.2) is 15.0 Å². The van der Waals surface area contributed by atoms with Gasteiger partial charge in [0.15, 0.2) is 11.6 Å². The molecular weight excluding hydrogens is 619 g/mol. The standard InChI is InChI=1S/C44H29N3OS/c1-44(22-9-2-10-23-44)43-46-41(28-20-21-39-35(25-28)31-14-6-8-19-38(31)49-39)45-42(47-43)29-24-27-12-3-4-13-30(27)34(26-29)32-16-11-18-37-40(32)33-15-5-7-17-36(33)48-37/h2-22,24-26H,23H2,1H3. The van der Waals surface area contributed by atoms with Gasteiger partial charge in [0.05, 0.1) is 0 Å². The molecule has 1 aliphatic rings. The first-order valence-electron chi connectivity index (χ1n) is 16.6. The molecule has 1 atom stereocenters. The van der Waals surface area contributed by atoms with E-state index in [0.29, 0.717) is 11.6 Å². The highest BCUT2D eigenvalue weighted by atomic mass is 32.1. The molecule has 0 saturated heterocycles. The summed E-state index contributed by atoms with van der Waals surface area (Å²) < 4.78 is 8.84. The predicted octanol–water partition coefficient (Wildman–Crippen LogP) is 12.1. The van der Waals surface area contributed by atoms with Gasteiger partial charge in [-0.1, -0.05) is 97.1 Å². The second-order valence-corrected chi connectivity index (χ2v) is 14.1. The fourth-order valence-electron chi connectivity index (χ4n) is 7.31. The van der Waals surface area contributed by atoms with Crippen LogP contribution >= 0.6 is 11.3 Å². The fraction of sp³-hybridized carbons (Fsp3) is 0.0682. The first-order valence-corrected chi connectivity index (χ1v) is 17.4. The average Bonchev–Trinajstić information content (AvgIpc) is 3.73. The summed E-state index contributed by atoms with van der Waals surface area (Å²) in [6.07, 6.45) is 9.41. The summed E-state index contributed by atoms with van der Waals surface area (Å²) in [6, 6.07) is 42.8. The van der Waals surface area contributed by atoms with E-state index in [-0.39, 0.29) is 5.41 Å². The third-order valence-corrected chi connectivity index (χ3v) is 11.0. The molecule has 3 heterocycles. The van der Waals surface area contributed by atoms with Gasteiger partial charge in [0, 0.05) is 47.5 Å². The van der Waals surface area contributed by atoms with Crippen molar-refractivity contribution in [2.24, 2.45) is 0 Å². The van der Waals surface area contributed by atoms with Crippen LogP contribution in [0, 0.1) is 0 Å². The molecule has 9 aromatic rings. The second-order valence-electron chi connectivity index (χ2n) is 13.0. The van der Waals surface area contributed by atoms with Gasteiger partial charge in [-0.05, 0) is 83.8 Å². The number of aromatic nitrogens is 3. The topological polar surface area (TPSA) is 51.8 Å². The lowest BCUT2D eigenvalue weighted by Gasteiger charge is -2.25. The molecule has 0 N–H and O–H groups in total.